The molecule has 0 spiro atoms. The average molecular weight is 233 g/mol. The standard InChI is InChI=1S/C6H7Cl3O3/c1-11-4(5(8)9)3(7)6(10)12-2/h5H,1-2H3/b4-3-. The van der Waals surface area contributed by atoms with Crippen LogP contribution in [0.25, 0.3) is 0 Å². The maximum atomic E-state index is 10.8. The molecule has 0 saturated carbocycles. The zero-order valence-corrected chi connectivity index (χ0v) is 8.70. The molecule has 0 aromatic heterocycles. The molecule has 12 heavy (non-hydrogen) atoms. The van der Waals surface area contributed by atoms with Crippen LogP contribution in [0.3, 0.4) is 0 Å². The normalized spacial score (nSPS) is 12.5. The zero-order chi connectivity index (χ0) is 9.72. The van der Waals surface area contributed by atoms with Crippen LogP contribution < -0.4 is 0 Å². The lowest BCUT2D eigenvalue weighted by molar-refractivity contribution is -0.135. The molecule has 0 aliphatic heterocycles. The highest BCUT2D eigenvalue weighted by Gasteiger charge is 2.19. The second-order valence-corrected chi connectivity index (χ2v) is 3.15. The van der Waals surface area contributed by atoms with Crippen LogP contribution in [0.5, 0.6) is 0 Å². The highest BCUT2D eigenvalue weighted by atomic mass is 35.5. The average Bonchev–Trinajstić information content (AvgIpc) is 2.03. The summed E-state index contributed by atoms with van der Waals surface area (Å²) in [7, 11) is 2.49. The Morgan fingerprint density at radius 1 is 1.25 bits per heavy atom. The summed E-state index contributed by atoms with van der Waals surface area (Å²) < 4.78 is 9.00. The molecule has 0 amide bonds. The number of methoxy groups -OCH3 is 2. The third-order valence-electron chi connectivity index (χ3n) is 0.999. The van der Waals surface area contributed by atoms with Gasteiger partial charge in [-0.25, -0.2) is 4.79 Å². The number of carbonyl (C=O) groups excluding carboxylic acids is 1. The summed E-state index contributed by atoms with van der Waals surface area (Å²) in [5.41, 5.74) is 0. The van der Waals surface area contributed by atoms with E-state index in [1.54, 1.807) is 0 Å². The highest BCUT2D eigenvalue weighted by molar-refractivity contribution is 6.48. The van der Waals surface area contributed by atoms with Gasteiger partial charge in [0.2, 0.25) is 0 Å². The SMILES string of the molecule is COC(=O)/C(Cl)=C(/OC)C(Cl)Cl. The quantitative estimate of drug-likeness (QED) is 0.324. The van der Waals surface area contributed by atoms with Gasteiger partial charge in [0.05, 0.1) is 14.2 Å². The Kier molecular flexibility index (Phi) is 5.46. The Balaban J connectivity index is 4.71. The van der Waals surface area contributed by atoms with Crippen molar-refractivity contribution in [2.75, 3.05) is 14.2 Å². The van der Waals surface area contributed by atoms with Crippen LogP contribution in [0.4, 0.5) is 0 Å². The van der Waals surface area contributed by atoms with Crippen molar-refractivity contribution >= 4 is 40.8 Å². The Morgan fingerprint density at radius 2 is 1.75 bits per heavy atom. The Hall–Kier alpha value is -0.120. The van der Waals surface area contributed by atoms with Crippen LogP contribution in [0, 0.1) is 0 Å². The van der Waals surface area contributed by atoms with E-state index in [1.807, 2.05) is 0 Å². The van der Waals surface area contributed by atoms with Gasteiger partial charge in [0, 0.05) is 0 Å². The molecule has 0 N–H and O–H groups in total. The molecule has 3 nitrogen and oxygen atoms in total. The largest absolute Gasteiger partial charge is 0.496 e. The first-order valence-corrected chi connectivity index (χ1v) is 4.09. The number of esters is 1. The topological polar surface area (TPSA) is 35.5 Å². The summed E-state index contributed by atoms with van der Waals surface area (Å²) in [5.74, 6) is -0.758. The van der Waals surface area contributed by atoms with Gasteiger partial charge in [-0.15, -0.1) is 0 Å². The van der Waals surface area contributed by atoms with E-state index in [9.17, 15) is 4.79 Å². The van der Waals surface area contributed by atoms with Crippen molar-refractivity contribution in [1.82, 2.24) is 0 Å². The number of allylic oxidation sites excluding steroid dienone is 1. The molecule has 0 aromatic rings. The zero-order valence-electron chi connectivity index (χ0n) is 6.44. The third-order valence-corrected chi connectivity index (χ3v) is 1.74. The molecule has 70 valence electrons. The minimum absolute atomic E-state index is 0.0214. The number of halogens is 3. The summed E-state index contributed by atoms with van der Waals surface area (Å²) in [6.07, 6.45) is 0. The molecule has 0 aliphatic rings. The van der Waals surface area contributed by atoms with Crippen LogP contribution in [-0.2, 0) is 14.3 Å². The fourth-order valence-electron chi connectivity index (χ4n) is 0.465. The van der Waals surface area contributed by atoms with Crippen LogP contribution in [0.15, 0.2) is 10.8 Å². The first-order valence-electron chi connectivity index (χ1n) is 2.84. The van der Waals surface area contributed by atoms with Crippen molar-refractivity contribution in [3.63, 3.8) is 0 Å². The summed E-state index contributed by atoms with van der Waals surface area (Å²) in [6, 6.07) is 0. The minimum Gasteiger partial charge on any atom is -0.496 e. The van der Waals surface area contributed by atoms with Crippen molar-refractivity contribution < 1.29 is 14.3 Å². The van der Waals surface area contributed by atoms with Gasteiger partial charge >= 0.3 is 5.97 Å². The molecule has 0 atom stereocenters. The van der Waals surface area contributed by atoms with Gasteiger partial charge in [0.15, 0.2) is 15.6 Å². The Bertz CT molecular complexity index is 200. The minimum atomic E-state index is -0.985. The first kappa shape index (κ1) is 11.9. The lowest BCUT2D eigenvalue weighted by Gasteiger charge is -2.07. The Morgan fingerprint density at radius 3 is 2.00 bits per heavy atom. The molecule has 0 rings (SSSR count). The van der Waals surface area contributed by atoms with Gasteiger partial charge < -0.3 is 9.47 Å². The smallest absolute Gasteiger partial charge is 0.353 e. The fraction of sp³-hybridized carbons (Fsp3) is 0.500. The molecule has 0 radical (unpaired) electrons. The van der Waals surface area contributed by atoms with E-state index in [4.69, 9.17) is 34.8 Å². The molecule has 0 unspecified atom stereocenters. The maximum absolute atomic E-state index is 10.8. The predicted molar refractivity (Wildman–Crippen MR) is 47.4 cm³/mol. The molecule has 6 heteroatoms. The maximum Gasteiger partial charge on any atom is 0.353 e. The first-order chi connectivity index (χ1) is 5.54. The summed E-state index contributed by atoms with van der Waals surface area (Å²) >= 11 is 16.4. The molecular weight excluding hydrogens is 226 g/mol. The van der Waals surface area contributed by atoms with Crippen molar-refractivity contribution in [2.45, 2.75) is 4.84 Å². The Labute approximate surface area is 85.2 Å². The van der Waals surface area contributed by atoms with Gasteiger partial charge in [-0.1, -0.05) is 34.8 Å². The molecule has 0 fully saturated rings. The summed E-state index contributed by atoms with van der Waals surface area (Å²) in [4.78, 5) is 9.82. The number of hydrogen-bond donors (Lipinski definition) is 0. The van der Waals surface area contributed by atoms with Crippen molar-refractivity contribution in [3.8, 4) is 0 Å². The predicted octanol–water partition coefficient (Wildman–Crippen LogP) is 2.06. The summed E-state index contributed by atoms with van der Waals surface area (Å²) in [5, 5.41) is -0.255. The van der Waals surface area contributed by atoms with E-state index in [0.29, 0.717) is 0 Å². The molecular formula is C6H7Cl3O3. The van der Waals surface area contributed by atoms with Crippen molar-refractivity contribution in [1.29, 1.82) is 0 Å². The molecule has 0 heterocycles. The van der Waals surface area contributed by atoms with Crippen LogP contribution in [0.1, 0.15) is 0 Å². The number of rotatable bonds is 3. The van der Waals surface area contributed by atoms with E-state index in [2.05, 4.69) is 9.47 Å². The molecule has 0 aliphatic carbocycles. The van der Waals surface area contributed by atoms with E-state index in [1.165, 1.54) is 14.2 Å². The van der Waals surface area contributed by atoms with Gasteiger partial charge in [0.1, 0.15) is 0 Å². The second kappa shape index (κ2) is 5.51. The molecule has 0 saturated heterocycles. The second-order valence-electron chi connectivity index (χ2n) is 1.67. The summed E-state index contributed by atoms with van der Waals surface area (Å²) in [6.45, 7) is 0. The lowest BCUT2D eigenvalue weighted by atomic mass is 10.5. The third kappa shape index (κ3) is 3.09. The van der Waals surface area contributed by atoms with Gasteiger partial charge in [0.25, 0.3) is 0 Å². The van der Waals surface area contributed by atoms with Crippen molar-refractivity contribution in [2.24, 2.45) is 0 Å². The highest BCUT2D eigenvalue weighted by Crippen LogP contribution is 2.22. The van der Waals surface area contributed by atoms with E-state index in [-0.39, 0.29) is 10.8 Å². The van der Waals surface area contributed by atoms with Gasteiger partial charge in [-0.05, 0) is 0 Å². The molecule has 0 aromatic carbocycles. The van der Waals surface area contributed by atoms with Crippen LogP contribution >= 0.6 is 34.8 Å². The lowest BCUT2D eigenvalue weighted by Crippen LogP contribution is -2.08. The number of hydrogen-bond acceptors (Lipinski definition) is 3. The van der Waals surface area contributed by atoms with E-state index < -0.39 is 10.8 Å². The number of carbonyl (C=O) groups is 1. The fourth-order valence-corrected chi connectivity index (χ4v) is 1.24. The van der Waals surface area contributed by atoms with E-state index >= 15 is 0 Å². The molecule has 0 bridgehead atoms. The number of alkyl halides is 2. The van der Waals surface area contributed by atoms with Crippen LogP contribution in [0.2, 0.25) is 0 Å². The van der Waals surface area contributed by atoms with Gasteiger partial charge in [-0.2, -0.15) is 0 Å². The van der Waals surface area contributed by atoms with Crippen molar-refractivity contribution in [3.05, 3.63) is 10.8 Å². The van der Waals surface area contributed by atoms with E-state index in [0.717, 1.165) is 0 Å². The van der Waals surface area contributed by atoms with Crippen LogP contribution in [-0.4, -0.2) is 25.0 Å². The number of ether oxygens (including phenoxy) is 2. The van der Waals surface area contributed by atoms with Gasteiger partial charge in [-0.3, -0.25) is 0 Å². The monoisotopic (exact) mass is 232 g/mol.